The van der Waals surface area contributed by atoms with Crippen LogP contribution in [-0.4, -0.2) is 16.8 Å². The topological polar surface area (TPSA) is 20.3 Å². The molecule has 158 valence electrons. The van der Waals surface area contributed by atoms with Gasteiger partial charge in [-0.05, 0) is 52.8 Å². The number of nitrogens with zero attached hydrogens (tertiary/aromatic N) is 1. The predicted octanol–water partition coefficient (Wildman–Crippen LogP) is 6.82. The molecule has 0 saturated heterocycles. The fraction of sp³-hybridized carbons (Fsp3) is 0.138. The molecule has 0 saturated carbocycles. The number of benzene rings is 4. The lowest BCUT2D eigenvalue weighted by molar-refractivity contribution is 0.0668. The van der Waals surface area contributed by atoms with Crippen LogP contribution in [0.15, 0.2) is 103 Å². The van der Waals surface area contributed by atoms with Crippen LogP contribution in [0.3, 0.4) is 0 Å². The molecule has 1 amide bonds. The third kappa shape index (κ3) is 4.19. The molecule has 1 aliphatic carbocycles. The molecule has 0 N–H and O–H groups in total. The number of halogens is 1. The molecule has 0 aliphatic heterocycles. The highest BCUT2D eigenvalue weighted by molar-refractivity contribution is 6.31. The Morgan fingerprint density at radius 1 is 0.781 bits per heavy atom. The van der Waals surface area contributed by atoms with Crippen LogP contribution in [0.1, 0.15) is 27.0 Å². The minimum Gasteiger partial charge on any atom is -0.331 e. The van der Waals surface area contributed by atoms with Crippen LogP contribution in [0.25, 0.3) is 11.1 Å². The maximum absolute atomic E-state index is 14.1. The van der Waals surface area contributed by atoms with Crippen molar-refractivity contribution in [1.82, 2.24) is 4.90 Å². The van der Waals surface area contributed by atoms with Gasteiger partial charge in [-0.3, -0.25) is 4.79 Å². The van der Waals surface area contributed by atoms with E-state index >= 15 is 0 Å². The van der Waals surface area contributed by atoms with E-state index in [1.807, 2.05) is 71.6 Å². The summed E-state index contributed by atoms with van der Waals surface area (Å²) in [5.41, 5.74) is 6.36. The van der Waals surface area contributed by atoms with Crippen LogP contribution < -0.4 is 0 Å². The first kappa shape index (κ1) is 20.5. The first-order valence-corrected chi connectivity index (χ1v) is 11.3. The molecule has 0 spiro atoms. The van der Waals surface area contributed by atoms with Crippen LogP contribution in [0.5, 0.6) is 0 Å². The first-order chi connectivity index (χ1) is 15.7. The fourth-order valence-electron chi connectivity index (χ4n) is 4.62. The van der Waals surface area contributed by atoms with Crippen molar-refractivity contribution in [3.63, 3.8) is 0 Å². The molecule has 0 fully saturated rings. The monoisotopic (exact) mass is 437 g/mol. The van der Waals surface area contributed by atoms with Crippen molar-refractivity contribution in [1.29, 1.82) is 0 Å². The molecule has 5 rings (SSSR count). The Bertz CT molecular complexity index is 1210. The zero-order valence-electron chi connectivity index (χ0n) is 17.7. The van der Waals surface area contributed by atoms with E-state index in [0.29, 0.717) is 17.1 Å². The molecule has 3 heteroatoms. The number of carbonyl (C=O) groups is 1. The number of amides is 1. The van der Waals surface area contributed by atoms with Crippen molar-refractivity contribution in [3.05, 3.63) is 130 Å². The van der Waals surface area contributed by atoms with E-state index in [9.17, 15) is 4.79 Å². The summed E-state index contributed by atoms with van der Waals surface area (Å²) in [6.45, 7) is 0.569. The molecule has 0 atom stereocenters. The lowest BCUT2D eigenvalue weighted by Crippen LogP contribution is -2.40. The molecular weight excluding hydrogens is 414 g/mol. The molecule has 0 aromatic heterocycles. The largest absolute Gasteiger partial charge is 0.331 e. The summed E-state index contributed by atoms with van der Waals surface area (Å²) in [6.07, 6.45) is 1.74. The second kappa shape index (κ2) is 9.02. The summed E-state index contributed by atoms with van der Waals surface area (Å²) in [5, 5.41) is 0.572. The van der Waals surface area contributed by atoms with Gasteiger partial charge in [0, 0.05) is 23.2 Å². The molecule has 0 heterocycles. The highest BCUT2D eigenvalue weighted by Gasteiger charge is 2.31. The predicted molar refractivity (Wildman–Crippen MR) is 131 cm³/mol. The lowest BCUT2D eigenvalue weighted by Gasteiger charge is -2.30. The summed E-state index contributed by atoms with van der Waals surface area (Å²) >= 11 is 6.38. The maximum Gasteiger partial charge on any atom is 0.255 e. The number of hydrogen-bond acceptors (Lipinski definition) is 1. The zero-order chi connectivity index (χ0) is 21.9. The Labute approximate surface area is 194 Å². The standard InChI is InChI=1S/C29H24ClNO/c30-25-15-16-27(22-11-5-2-6-12-22)28(19-25)29(32)31(20-21-9-3-1-4-10-21)26-17-23-13-7-8-14-24(23)18-26/h1-16,19,26H,17-18,20H2. The van der Waals surface area contributed by atoms with Gasteiger partial charge in [0.2, 0.25) is 0 Å². The molecule has 2 nitrogen and oxygen atoms in total. The molecule has 1 aliphatic rings. The number of fused-ring (bicyclic) bond motifs is 1. The van der Waals surface area contributed by atoms with E-state index in [2.05, 4.69) is 36.4 Å². The Morgan fingerprint density at radius 2 is 1.38 bits per heavy atom. The van der Waals surface area contributed by atoms with Crippen LogP contribution in [0.2, 0.25) is 5.02 Å². The van der Waals surface area contributed by atoms with Crippen molar-refractivity contribution >= 4 is 17.5 Å². The lowest BCUT2D eigenvalue weighted by atomic mass is 9.97. The zero-order valence-corrected chi connectivity index (χ0v) is 18.5. The number of hydrogen-bond donors (Lipinski definition) is 0. The Kier molecular flexibility index (Phi) is 5.79. The Hall–Kier alpha value is -3.36. The van der Waals surface area contributed by atoms with Gasteiger partial charge >= 0.3 is 0 Å². The Morgan fingerprint density at radius 3 is 2.03 bits per heavy atom. The molecule has 0 unspecified atom stereocenters. The average Bonchev–Trinajstić information content (AvgIpc) is 3.27. The Balaban J connectivity index is 1.55. The molecule has 0 radical (unpaired) electrons. The van der Waals surface area contributed by atoms with Gasteiger partial charge in [-0.15, -0.1) is 0 Å². The molecule has 32 heavy (non-hydrogen) atoms. The minimum atomic E-state index is 0.0213. The average molecular weight is 438 g/mol. The van der Waals surface area contributed by atoms with Crippen LogP contribution in [0, 0.1) is 0 Å². The van der Waals surface area contributed by atoms with Gasteiger partial charge in [-0.25, -0.2) is 0 Å². The third-order valence-electron chi connectivity index (χ3n) is 6.22. The fourth-order valence-corrected chi connectivity index (χ4v) is 4.79. The highest BCUT2D eigenvalue weighted by atomic mass is 35.5. The second-order valence-electron chi connectivity index (χ2n) is 8.31. The van der Waals surface area contributed by atoms with E-state index in [1.165, 1.54) is 11.1 Å². The van der Waals surface area contributed by atoms with Gasteiger partial charge in [-0.2, -0.15) is 0 Å². The van der Waals surface area contributed by atoms with Gasteiger partial charge in [0.25, 0.3) is 5.91 Å². The van der Waals surface area contributed by atoms with E-state index in [0.717, 1.165) is 29.5 Å². The van der Waals surface area contributed by atoms with E-state index < -0.39 is 0 Å². The second-order valence-corrected chi connectivity index (χ2v) is 8.74. The summed E-state index contributed by atoms with van der Waals surface area (Å²) in [7, 11) is 0. The number of rotatable bonds is 5. The van der Waals surface area contributed by atoms with Crippen molar-refractivity contribution in [3.8, 4) is 11.1 Å². The van der Waals surface area contributed by atoms with Gasteiger partial charge in [-0.1, -0.05) is 103 Å². The third-order valence-corrected chi connectivity index (χ3v) is 6.46. The quantitative estimate of drug-likeness (QED) is 0.335. The van der Waals surface area contributed by atoms with Crippen LogP contribution in [0.4, 0.5) is 0 Å². The summed E-state index contributed by atoms with van der Waals surface area (Å²) < 4.78 is 0. The minimum absolute atomic E-state index is 0.0213. The SMILES string of the molecule is O=C(c1cc(Cl)ccc1-c1ccccc1)N(Cc1ccccc1)C1Cc2ccccc2C1. The van der Waals surface area contributed by atoms with Gasteiger partial charge in [0.15, 0.2) is 0 Å². The molecule has 0 bridgehead atoms. The van der Waals surface area contributed by atoms with Gasteiger partial charge in [0.1, 0.15) is 0 Å². The highest BCUT2D eigenvalue weighted by Crippen LogP contribution is 2.32. The van der Waals surface area contributed by atoms with Crippen molar-refractivity contribution in [2.24, 2.45) is 0 Å². The smallest absolute Gasteiger partial charge is 0.255 e. The van der Waals surface area contributed by atoms with E-state index in [1.54, 1.807) is 0 Å². The summed E-state index contributed by atoms with van der Waals surface area (Å²) in [5.74, 6) is 0.0213. The van der Waals surface area contributed by atoms with Crippen LogP contribution >= 0.6 is 11.6 Å². The molecule has 4 aromatic carbocycles. The van der Waals surface area contributed by atoms with Crippen LogP contribution in [-0.2, 0) is 19.4 Å². The first-order valence-electron chi connectivity index (χ1n) is 11.0. The van der Waals surface area contributed by atoms with Crippen molar-refractivity contribution < 1.29 is 4.79 Å². The summed E-state index contributed by atoms with van der Waals surface area (Å²) in [6, 6.07) is 34.5. The van der Waals surface area contributed by atoms with E-state index in [4.69, 9.17) is 11.6 Å². The van der Waals surface area contributed by atoms with Crippen molar-refractivity contribution in [2.75, 3.05) is 0 Å². The van der Waals surface area contributed by atoms with E-state index in [-0.39, 0.29) is 11.9 Å². The maximum atomic E-state index is 14.1. The normalized spacial score (nSPS) is 13.0. The molecule has 4 aromatic rings. The van der Waals surface area contributed by atoms with Gasteiger partial charge < -0.3 is 4.90 Å². The van der Waals surface area contributed by atoms with Gasteiger partial charge in [0.05, 0.1) is 0 Å². The molecular formula is C29H24ClNO. The van der Waals surface area contributed by atoms with Crippen molar-refractivity contribution in [2.45, 2.75) is 25.4 Å². The number of carbonyl (C=O) groups excluding carboxylic acids is 1. The summed E-state index contributed by atoms with van der Waals surface area (Å²) in [4.78, 5) is 16.1.